The molecule has 2 rings (SSSR count). The van der Waals surface area contributed by atoms with Crippen LogP contribution in [0.4, 0.5) is 0 Å². The maximum absolute atomic E-state index is 11.1. The molecule has 0 amide bonds. The van der Waals surface area contributed by atoms with Gasteiger partial charge in [-0.25, -0.2) is 13.6 Å². The lowest BCUT2D eigenvalue weighted by molar-refractivity contribution is 0.143. The van der Waals surface area contributed by atoms with Crippen molar-refractivity contribution in [1.82, 2.24) is 4.90 Å². The van der Waals surface area contributed by atoms with E-state index in [9.17, 15) is 8.42 Å². The predicted octanol–water partition coefficient (Wildman–Crippen LogP) is 0.382. The van der Waals surface area contributed by atoms with Crippen molar-refractivity contribution in [3.8, 4) is 5.75 Å². The van der Waals surface area contributed by atoms with Crippen LogP contribution >= 0.6 is 0 Å². The van der Waals surface area contributed by atoms with Gasteiger partial charge in [0.25, 0.3) is 0 Å². The SMILES string of the molecule is CC1CCN(CCOc2ccc(S(N)(=O)=O)cc2)CC1N. The molecule has 6 nitrogen and oxygen atoms in total. The van der Waals surface area contributed by atoms with Crippen molar-refractivity contribution in [2.45, 2.75) is 24.3 Å². The van der Waals surface area contributed by atoms with E-state index in [1.165, 1.54) is 12.1 Å². The van der Waals surface area contributed by atoms with E-state index in [-0.39, 0.29) is 10.9 Å². The molecule has 1 heterocycles. The molecule has 0 aliphatic carbocycles. The van der Waals surface area contributed by atoms with Crippen molar-refractivity contribution in [3.05, 3.63) is 24.3 Å². The summed E-state index contributed by atoms with van der Waals surface area (Å²) in [5.74, 6) is 1.21. The molecule has 0 bridgehead atoms. The van der Waals surface area contributed by atoms with Gasteiger partial charge in [-0.05, 0) is 43.1 Å². The summed E-state index contributed by atoms with van der Waals surface area (Å²) in [6.07, 6.45) is 1.12. The summed E-state index contributed by atoms with van der Waals surface area (Å²) in [4.78, 5) is 2.38. The Morgan fingerprint density at radius 3 is 2.57 bits per heavy atom. The van der Waals surface area contributed by atoms with E-state index in [2.05, 4.69) is 11.8 Å². The van der Waals surface area contributed by atoms with Gasteiger partial charge in [0.1, 0.15) is 12.4 Å². The molecule has 118 valence electrons. The first kappa shape index (κ1) is 16.2. The molecule has 7 heteroatoms. The van der Waals surface area contributed by atoms with Crippen LogP contribution in [0.15, 0.2) is 29.2 Å². The zero-order chi connectivity index (χ0) is 15.5. The summed E-state index contributed by atoms with van der Waals surface area (Å²) in [5, 5.41) is 5.04. The van der Waals surface area contributed by atoms with Gasteiger partial charge in [-0.3, -0.25) is 4.90 Å². The fourth-order valence-electron chi connectivity index (χ4n) is 2.39. The van der Waals surface area contributed by atoms with E-state index < -0.39 is 10.0 Å². The lowest BCUT2D eigenvalue weighted by Crippen LogP contribution is -2.48. The fourth-order valence-corrected chi connectivity index (χ4v) is 2.91. The van der Waals surface area contributed by atoms with Gasteiger partial charge < -0.3 is 10.5 Å². The number of nitrogens with zero attached hydrogens (tertiary/aromatic N) is 1. The Hall–Kier alpha value is -1.15. The van der Waals surface area contributed by atoms with Crippen molar-refractivity contribution in [2.75, 3.05) is 26.2 Å². The van der Waals surface area contributed by atoms with Crippen LogP contribution in [-0.4, -0.2) is 45.6 Å². The Morgan fingerprint density at radius 2 is 2.00 bits per heavy atom. The first-order valence-electron chi connectivity index (χ1n) is 7.10. The maximum atomic E-state index is 11.1. The minimum atomic E-state index is -3.65. The third-order valence-corrected chi connectivity index (χ3v) is 4.86. The minimum Gasteiger partial charge on any atom is -0.492 e. The van der Waals surface area contributed by atoms with Gasteiger partial charge in [0.05, 0.1) is 4.90 Å². The molecule has 0 saturated carbocycles. The zero-order valence-corrected chi connectivity index (χ0v) is 13.1. The molecule has 1 fully saturated rings. The average molecular weight is 313 g/mol. The summed E-state index contributed by atoms with van der Waals surface area (Å²) in [7, 11) is -3.65. The summed E-state index contributed by atoms with van der Waals surface area (Å²) in [6.45, 7) is 5.50. The second kappa shape index (κ2) is 6.74. The highest BCUT2D eigenvalue weighted by atomic mass is 32.2. The average Bonchev–Trinajstić information content (AvgIpc) is 2.42. The number of primary sulfonamides is 1. The molecule has 4 N–H and O–H groups in total. The number of benzene rings is 1. The monoisotopic (exact) mass is 313 g/mol. The fraction of sp³-hybridized carbons (Fsp3) is 0.571. The van der Waals surface area contributed by atoms with E-state index in [0.717, 1.165) is 26.1 Å². The van der Waals surface area contributed by atoms with E-state index in [0.29, 0.717) is 18.3 Å². The lowest BCUT2D eigenvalue weighted by Gasteiger charge is -2.34. The van der Waals surface area contributed by atoms with Gasteiger partial charge in [0.15, 0.2) is 0 Å². The van der Waals surface area contributed by atoms with Crippen LogP contribution in [0.3, 0.4) is 0 Å². The summed E-state index contributed by atoms with van der Waals surface area (Å²) in [5.41, 5.74) is 6.06. The Bertz CT molecular complexity index is 559. The molecule has 2 unspecified atom stereocenters. The van der Waals surface area contributed by atoms with Crippen molar-refractivity contribution in [2.24, 2.45) is 16.8 Å². The molecule has 1 aromatic rings. The molecule has 1 aromatic carbocycles. The van der Waals surface area contributed by atoms with E-state index in [4.69, 9.17) is 15.6 Å². The molecular formula is C14H23N3O3S. The Balaban J connectivity index is 1.79. The first-order chi connectivity index (χ1) is 9.86. The molecule has 0 aromatic heterocycles. The molecule has 1 saturated heterocycles. The first-order valence-corrected chi connectivity index (χ1v) is 8.64. The number of hydrogen-bond acceptors (Lipinski definition) is 5. The lowest BCUT2D eigenvalue weighted by atomic mass is 9.94. The molecule has 2 atom stereocenters. The van der Waals surface area contributed by atoms with Crippen LogP contribution in [0.2, 0.25) is 0 Å². The van der Waals surface area contributed by atoms with Crippen LogP contribution in [0.5, 0.6) is 5.75 Å². The molecule has 0 spiro atoms. The number of rotatable bonds is 5. The standard InChI is InChI=1S/C14H23N3O3S/c1-11-6-7-17(10-14(11)15)8-9-20-12-2-4-13(5-3-12)21(16,18)19/h2-5,11,14H,6-10,15H2,1H3,(H2,16,18,19). The third-order valence-electron chi connectivity index (χ3n) is 3.93. The zero-order valence-electron chi connectivity index (χ0n) is 12.2. The number of piperidine rings is 1. The highest BCUT2D eigenvalue weighted by molar-refractivity contribution is 7.89. The predicted molar refractivity (Wildman–Crippen MR) is 81.5 cm³/mol. The number of hydrogen-bond donors (Lipinski definition) is 2. The summed E-state index contributed by atoms with van der Waals surface area (Å²) >= 11 is 0. The van der Waals surface area contributed by atoms with Crippen LogP contribution in [0, 0.1) is 5.92 Å². The van der Waals surface area contributed by atoms with E-state index in [1.54, 1.807) is 12.1 Å². The Labute approximate surface area is 126 Å². The summed E-state index contributed by atoms with van der Waals surface area (Å²) in [6, 6.07) is 6.35. The van der Waals surface area contributed by atoms with Crippen LogP contribution < -0.4 is 15.6 Å². The quantitative estimate of drug-likeness (QED) is 0.819. The van der Waals surface area contributed by atoms with Gasteiger partial charge in [-0.1, -0.05) is 6.92 Å². The molecule has 1 aliphatic rings. The van der Waals surface area contributed by atoms with Crippen LogP contribution in [0.1, 0.15) is 13.3 Å². The third kappa shape index (κ3) is 4.67. The van der Waals surface area contributed by atoms with E-state index in [1.807, 2.05) is 0 Å². The second-order valence-corrected chi connectivity index (χ2v) is 7.16. The largest absolute Gasteiger partial charge is 0.492 e. The minimum absolute atomic E-state index is 0.0887. The van der Waals surface area contributed by atoms with E-state index >= 15 is 0 Å². The smallest absolute Gasteiger partial charge is 0.238 e. The summed E-state index contributed by atoms with van der Waals surface area (Å²) < 4.78 is 27.9. The topological polar surface area (TPSA) is 98.6 Å². The molecule has 1 aliphatic heterocycles. The van der Waals surface area contributed by atoms with Gasteiger partial charge in [-0.15, -0.1) is 0 Å². The van der Waals surface area contributed by atoms with Crippen molar-refractivity contribution < 1.29 is 13.2 Å². The van der Waals surface area contributed by atoms with Crippen molar-refractivity contribution in [3.63, 3.8) is 0 Å². The normalized spacial score (nSPS) is 24.0. The maximum Gasteiger partial charge on any atom is 0.238 e. The molecular weight excluding hydrogens is 290 g/mol. The highest BCUT2D eigenvalue weighted by Gasteiger charge is 2.22. The molecule has 0 radical (unpaired) electrons. The van der Waals surface area contributed by atoms with Crippen LogP contribution in [-0.2, 0) is 10.0 Å². The Morgan fingerprint density at radius 1 is 1.33 bits per heavy atom. The number of nitrogens with two attached hydrogens (primary N) is 2. The van der Waals surface area contributed by atoms with Gasteiger partial charge in [0.2, 0.25) is 10.0 Å². The van der Waals surface area contributed by atoms with Crippen LogP contribution in [0.25, 0.3) is 0 Å². The van der Waals surface area contributed by atoms with Gasteiger partial charge >= 0.3 is 0 Å². The van der Waals surface area contributed by atoms with Gasteiger partial charge in [0, 0.05) is 19.1 Å². The molecule has 21 heavy (non-hydrogen) atoms. The number of ether oxygens (including phenoxy) is 1. The van der Waals surface area contributed by atoms with Crippen molar-refractivity contribution >= 4 is 10.0 Å². The Kier molecular flexibility index (Phi) is 5.21. The number of likely N-dealkylation sites (tertiary alicyclic amines) is 1. The highest BCUT2D eigenvalue weighted by Crippen LogP contribution is 2.17. The van der Waals surface area contributed by atoms with Crippen molar-refractivity contribution in [1.29, 1.82) is 0 Å². The second-order valence-electron chi connectivity index (χ2n) is 5.60. The number of sulfonamides is 1. The van der Waals surface area contributed by atoms with Gasteiger partial charge in [-0.2, -0.15) is 0 Å².